The molecule has 1 unspecified atom stereocenters. The zero-order chi connectivity index (χ0) is 14.1. The zero-order valence-corrected chi connectivity index (χ0v) is 10.2. The standard InChI is InChI=1S/C10H12FNO5S/c1-18(16,17)9-7(13)3-2-5(8(9)11)6(4-12)10(14)15/h2-3,6,13H,4,12H2,1H3,(H,14,15). The SMILES string of the molecule is CS(=O)(=O)c1c(O)ccc(C(CN)C(=O)O)c1F. The van der Waals surface area contributed by atoms with Crippen molar-refractivity contribution >= 4 is 15.8 Å². The van der Waals surface area contributed by atoms with Gasteiger partial charge in [-0.15, -0.1) is 0 Å². The van der Waals surface area contributed by atoms with Crippen LogP contribution in [0.15, 0.2) is 17.0 Å². The van der Waals surface area contributed by atoms with Gasteiger partial charge in [0.1, 0.15) is 16.5 Å². The lowest BCUT2D eigenvalue weighted by atomic mass is 9.99. The highest BCUT2D eigenvalue weighted by atomic mass is 32.2. The molecule has 0 saturated carbocycles. The van der Waals surface area contributed by atoms with Crippen molar-refractivity contribution in [2.24, 2.45) is 5.73 Å². The van der Waals surface area contributed by atoms with E-state index in [4.69, 9.17) is 10.8 Å². The number of rotatable bonds is 4. The van der Waals surface area contributed by atoms with Gasteiger partial charge in [-0.3, -0.25) is 4.79 Å². The molecule has 1 aromatic carbocycles. The molecule has 1 aromatic rings. The van der Waals surface area contributed by atoms with Gasteiger partial charge >= 0.3 is 5.97 Å². The van der Waals surface area contributed by atoms with Crippen LogP contribution < -0.4 is 5.73 Å². The van der Waals surface area contributed by atoms with Crippen molar-refractivity contribution in [2.45, 2.75) is 10.8 Å². The van der Waals surface area contributed by atoms with Crippen molar-refractivity contribution in [3.8, 4) is 5.75 Å². The average Bonchev–Trinajstić information content (AvgIpc) is 2.19. The van der Waals surface area contributed by atoms with Gasteiger partial charge in [-0.25, -0.2) is 12.8 Å². The Bertz CT molecular complexity index is 584. The quantitative estimate of drug-likeness (QED) is 0.716. The molecule has 0 bridgehead atoms. The fraction of sp³-hybridized carbons (Fsp3) is 0.300. The molecule has 8 heteroatoms. The van der Waals surface area contributed by atoms with Gasteiger partial charge in [-0.1, -0.05) is 6.07 Å². The Hall–Kier alpha value is -1.67. The second-order valence-corrected chi connectivity index (χ2v) is 5.67. The molecule has 0 heterocycles. The number of aliphatic carboxylic acids is 1. The second-order valence-electron chi connectivity index (χ2n) is 3.72. The number of hydrogen-bond donors (Lipinski definition) is 3. The van der Waals surface area contributed by atoms with Crippen molar-refractivity contribution in [3.63, 3.8) is 0 Å². The molecule has 0 aliphatic carbocycles. The summed E-state index contributed by atoms with van der Waals surface area (Å²) in [4.78, 5) is 9.95. The van der Waals surface area contributed by atoms with E-state index in [1.165, 1.54) is 0 Å². The number of carboxylic acids is 1. The minimum Gasteiger partial charge on any atom is -0.506 e. The number of nitrogens with two attached hydrogens (primary N) is 1. The van der Waals surface area contributed by atoms with E-state index in [2.05, 4.69) is 0 Å². The van der Waals surface area contributed by atoms with Crippen molar-refractivity contribution in [2.75, 3.05) is 12.8 Å². The first-order valence-electron chi connectivity index (χ1n) is 4.84. The second kappa shape index (κ2) is 4.91. The van der Waals surface area contributed by atoms with Crippen LogP contribution in [-0.4, -0.2) is 37.4 Å². The molecule has 0 saturated heterocycles. The van der Waals surface area contributed by atoms with Crippen LogP contribution in [0.4, 0.5) is 4.39 Å². The fourth-order valence-electron chi connectivity index (χ4n) is 1.54. The molecule has 0 aromatic heterocycles. The minimum atomic E-state index is -4.01. The summed E-state index contributed by atoms with van der Waals surface area (Å²) in [5.74, 6) is -4.79. The summed E-state index contributed by atoms with van der Waals surface area (Å²) in [6.45, 7) is -0.389. The third-order valence-electron chi connectivity index (χ3n) is 2.39. The smallest absolute Gasteiger partial charge is 0.312 e. The highest BCUT2D eigenvalue weighted by Gasteiger charge is 2.28. The van der Waals surface area contributed by atoms with Crippen molar-refractivity contribution in [1.82, 2.24) is 0 Å². The van der Waals surface area contributed by atoms with Crippen LogP contribution in [0.2, 0.25) is 0 Å². The average molecular weight is 277 g/mol. The number of benzene rings is 1. The summed E-state index contributed by atoms with van der Waals surface area (Å²) >= 11 is 0. The molecule has 1 atom stereocenters. The molecule has 0 radical (unpaired) electrons. The maximum Gasteiger partial charge on any atom is 0.312 e. The van der Waals surface area contributed by atoms with Crippen molar-refractivity contribution < 1.29 is 27.8 Å². The molecule has 0 amide bonds. The summed E-state index contributed by atoms with van der Waals surface area (Å²) in [7, 11) is -4.01. The van der Waals surface area contributed by atoms with Gasteiger partial charge < -0.3 is 15.9 Å². The van der Waals surface area contributed by atoms with Gasteiger partial charge in [-0.2, -0.15) is 0 Å². The number of sulfone groups is 1. The Morgan fingerprint density at radius 1 is 1.50 bits per heavy atom. The predicted octanol–water partition coefficient (Wildman–Crippen LogP) is 0.0617. The van der Waals surface area contributed by atoms with E-state index in [9.17, 15) is 22.7 Å². The third-order valence-corrected chi connectivity index (χ3v) is 3.52. The van der Waals surface area contributed by atoms with Crippen LogP contribution in [0.5, 0.6) is 5.75 Å². The van der Waals surface area contributed by atoms with Gasteiger partial charge in [0.2, 0.25) is 0 Å². The van der Waals surface area contributed by atoms with Crippen LogP contribution in [0.25, 0.3) is 0 Å². The van der Waals surface area contributed by atoms with E-state index in [0.29, 0.717) is 6.26 Å². The molecular formula is C10H12FNO5S. The Morgan fingerprint density at radius 3 is 2.44 bits per heavy atom. The van der Waals surface area contributed by atoms with E-state index >= 15 is 0 Å². The van der Waals surface area contributed by atoms with Crippen LogP contribution in [-0.2, 0) is 14.6 Å². The Kier molecular flexibility index (Phi) is 3.92. The fourth-order valence-corrected chi connectivity index (χ4v) is 2.44. The summed E-state index contributed by atoms with van der Waals surface area (Å²) in [6, 6.07) is 1.94. The van der Waals surface area contributed by atoms with Crippen LogP contribution >= 0.6 is 0 Å². The molecule has 0 aliphatic rings. The van der Waals surface area contributed by atoms with Crippen LogP contribution in [0, 0.1) is 5.82 Å². The van der Waals surface area contributed by atoms with Crippen molar-refractivity contribution in [1.29, 1.82) is 0 Å². The van der Waals surface area contributed by atoms with Gasteiger partial charge in [0.15, 0.2) is 9.84 Å². The number of hydrogen-bond acceptors (Lipinski definition) is 5. The Morgan fingerprint density at radius 2 is 2.06 bits per heavy atom. The largest absolute Gasteiger partial charge is 0.506 e. The number of phenolic OH excluding ortho intramolecular Hbond substituents is 1. The molecule has 18 heavy (non-hydrogen) atoms. The van der Waals surface area contributed by atoms with E-state index < -0.39 is 38.2 Å². The first-order valence-corrected chi connectivity index (χ1v) is 6.73. The molecule has 1 rings (SSSR count). The molecule has 6 nitrogen and oxygen atoms in total. The number of carboxylic acid groups (broad SMARTS) is 1. The lowest BCUT2D eigenvalue weighted by molar-refractivity contribution is -0.138. The molecule has 0 aliphatic heterocycles. The summed E-state index contributed by atoms with van der Waals surface area (Å²) in [6.07, 6.45) is 0.715. The van der Waals surface area contributed by atoms with E-state index in [0.717, 1.165) is 12.1 Å². The van der Waals surface area contributed by atoms with Gasteiger partial charge in [0.05, 0.1) is 5.92 Å². The van der Waals surface area contributed by atoms with Crippen LogP contribution in [0.1, 0.15) is 11.5 Å². The lowest BCUT2D eigenvalue weighted by Gasteiger charge is -2.14. The van der Waals surface area contributed by atoms with E-state index in [1.54, 1.807) is 0 Å². The van der Waals surface area contributed by atoms with Crippen LogP contribution in [0.3, 0.4) is 0 Å². The topological polar surface area (TPSA) is 118 Å². The molecule has 0 fully saturated rings. The first-order chi connectivity index (χ1) is 8.20. The van der Waals surface area contributed by atoms with Gasteiger partial charge in [0.25, 0.3) is 0 Å². The van der Waals surface area contributed by atoms with Gasteiger partial charge in [-0.05, 0) is 6.07 Å². The monoisotopic (exact) mass is 277 g/mol. The third kappa shape index (κ3) is 2.59. The summed E-state index contributed by atoms with van der Waals surface area (Å²) < 4.78 is 36.6. The minimum absolute atomic E-state index is 0.372. The number of carbonyl (C=O) groups is 1. The molecule has 0 spiro atoms. The Labute approximate surface area is 103 Å². The molecule has 4 N–H and O–H groups in total. The number of phenols is 1. The normalized spacial score (nSPS) is 13.3. The zero-order valence-electron chi connectivity index (χ0n) is 9.42. The number of halogens is 1. The first kappa shape index (κ1) is 14.4. The summed E-state index contributed by atoms with van der Waals surface area (Å²) in [5.41, 5.74) is 4.84. The van der Waals surface area contributed by atoms with E-state index in [1.807, 2.05) is 0 Å². The molecular weight excluding hydrogens is 265 g/mol. The Balaban J connectivity index is 3.56. The van der Waals surface area contributed by atoms with Gasteiger partial charge in [0, 0.05) is 18.4 Å². The summed E-state index contributed by atoms with van der Waals surface area (Å²) in [5, 5.41) is 18.2. The number of aromatic hydroxyl groups is 1. The van der Waals surface area contributed by atoms with Crippen molar-refractivity contribution in [3.05, 3.63) is 23.5 Å². The van der Waals surface area contributed by atoms with E-state index in [-0.39, 0.29) is 12.1 Å². The molecule has 100 valence electrons. The highest BCUT2D eigenvalue weighted by molar-refractivity contribution is 7.90. The lowest BCUT2D eigenvalue weighted by Crippen LogP contribution is -2.23. The maximum atomic E-state index is 14.0. The maximum absolute atomic E-state index is 14.0. The highest BCUT2D eigenvalue weighted by Crippen LogP contribution is 2.31. The predicted molar refractivity (Wildman–Crippen MR) is 60.6 cm³/mol.